The molecule has 0 atom stereocenters. The number of alkyl halides is 2. The number of nitrogens with zero attached hydrogens (tertiary/aromatic N) is 3. The van der Waals surface area contributed by atoms with E-state index in [1.807, 2.05) is 36.4 Å². The minimum Gasteiger partial charge on any atom is -0.441 e. The first-order valence-corrected chi connectivity index (χ1v) is 8.21. The summed E-state index contributed by atoms with van der Waals surface area (Å²) in [6, 6.07) is 13.3. The van der Waals surface area contributed by atoms with Crippen LogP contribution in [-0.4, -0.2) is 15.2 Å². The van der Waals surface area contributed by atoms with Crippen LogP contribution in [0.5, 0.6) is 0 Å². The molecule has 0 bridgehead atoms. The number of aromatic nitrogens is 3. The molecule has 0 aliphatic rings. The number of hydrogen-bond acceptors (Lipinski definition) is 6. The van der Waals surface area contributed by atoms with Gasteiger partial charge in [-0.1, -0.05) is 18.2 Å². The second-order valence-corrected chi connectivity index (χ2v) is 6.35. The average molecular weight is 359 g/mol. The van der Waals surface area contributed by atoms with Gasteiger partial charge in [0.15, 0.2) is 0 Å². The summed E-state index contributed by atoms with van der Waals surface area (Å²) in [7, 11) is 0. The highest BCUT2D eigenvalue weighted by Crippen LogP contribution is 2.30. The Hall–Kier alpha value is -2.87. The molecule has 3 aromatic heterocycles. The molecule has 5 nitrogen and oxygen atoms in total. The first kappa shape index (κ1) is 15.6. The van der Waals surface area contributed by atoms with Crippen molar-refractivity contribution in [3.63, 3.8) is 0 Å². The molecule has 0 aliphatic heterocycles. The van der Waals surface area contributed by atoms with Gasteiger partial charge < -0.3 is 8.83 Å². The SMILES string of the molecule is FC(F)c1nnc(-c2ccc(Cc3cnc(-c4ccccc4)o3)s2)o1. The van der Waals surface area contributed by atoms with Crippen molar-refractivity contribution < 1.29 is 17.6 Å². The van der Waals surface area contributed by atoms with Crippen molar-refractivity contribution >= 4 is 11.3 Å². The predicted molar refractivity (Wildman–Crippen MR) is 87.3 cm³/mol. The van der Waals surface area contributed by atoms with Crippen LogP contribution in [0.15, 0.2) is 57.5 Å². The number of thiophene rings is 1. The average Bonchev–Trinajstić information content (AvgIpc) is 3.36. The van der Waals surface area contributed by atoms with Crippen LogP contribution in [-0.2, 0) is 6.42 Å². The molecule has 1 aromatic carbocycles. The van der Waals surface area contributed by atoms with E-state index in [0.29, 0.717) is 22.9 Å². The second-order valence-electron chi connectivity index (χ2n) is 5.19. The fraction of sp³-hybridized carbons (Fsp3) is 0.118. The number of rotatable bonds is 5. The van der Waals surface area contributed by atoms with Crippen LogP contribution < -0.4 is 0 Å². The molecule has 4 rings (SSSR count). The van der Waals surface area contributed by atoms with Crippen LogP contribution in [0.2, 0.25) is 0 Å². The van der Waals surface area contributed by atoms with Crippen molar-refractivity contribution in [2.24, 2.45) is 0 Å². The maximum atomic E-state index is 12.5. The molecular formula is C17H11F2N3O2S. The van der Waals surface area contributed by atoms with Gasteiger partial charge in [0.25, 0.3) is 11.8 Å². The molecule has 0 aliphatic carbocycles. The molecule has 0 amide bonds. The van der Waals surface area contributed by atoms with E-state index in [1.54, 1.807) is 12.3 Å². The van der Waals surface area contributed by atoms with Crippen molar-refractivity contribution in [3.8, 4) is 22.2 Å². The van der Waals surface area contributed by atoms with Crippen molar-refractivity contribution in [3.05, 3.63) is 65.2 Å². The Labute approximate surface area is 145 Å². The summed E-state index contributed by atoms with van der Waals surface area (Å²) in [5, 5.41) is 6.98. The van der Waals surface area contributed by atoms with Crippen molar-refractivity contribution in [1.29, 1.82) is 0 Å². The van der Waals surface area contributed by atoms with E-state index in [-0.39, 0.29) is 5.89 Å². The monoisotopic (exact) mass is 359 g/mol. The van der Waals surface area contributed by atoms with E-state index >= 15 is 0 Å². The minimum absolute atomic E-state index is 0.0918. The molecule has 126 valence electrons. The van der Waals surface area contributed by atoms with Gasteiger partial charge in [-0.25, -0.2) is 4.98 Å². The maximum Gasteiger partial charge on any atom is 0.314 e. The molecule has 0 radical (unpaired) electrons. The Morgan fingerprint density at radius 1 is 0.960 bits per heavy atom. The number of hydrogen-bond donors (Lipinski definition) is 0. The summed E-state index contributed by atoms with van der Waals surface area (Å²) >= 11 is 1.38. The number of benzene rings is 1. The van der Waals surface area contributed by atoms with Crippen LogP contribution in [0.1, 0.15) is 23.0 Å². The van der Waals surface area contributed by atoms with E-state index in [1.165, 1.54) is 11.3 Å². The summed E-state index contributed by atoms with van der Waals surface area (Å²) in [5.41, 5.74) is 0.908. The van der Waals surface area contributed by atoms with Crippen LogP contribution >= 0.6 is 11.3 Å². The van der Waals surface area contributed by atoms with Gasteiger partial charge in [-0.2, -0.15) is 8.78 Å². The standard InChI is InChI=1S/C17H11F2N3O2S/c18-14(19)17-22-21-16(24-17)13-7-6-12(25-13)8-11-9-20-15(23-11)10-4-2-1-3-5-10/h1-7,9,14H,8H2. The van der Waals surface area contributed by atoms with Crippen LogP contribution in [0, 0.1) is 0 Å². The highest BCUT2D eigenvalue weighted by atomic mass is 32.1. The van der Waals surface area contributed by atoms with E-state index in [4.69, 9.17) is 8.83 Å². The van der Waals surface area contributed by atoms with Crippen molar-refractivity contribution in [1.82, 2.24) is 15.2 Å². The molecule has 0 N–H and O–H groups in total. The lowest BCUT2D eigenvalue weighted by atomic mass is 10.2. The summed E-state index contributed by atoms with van der Waals surface area (Å²) in [4.78, 5) is 5.89. The molecule has 4 aromatic rings. The van der Waals surface area contributed by atoms with E-state index in [9.17, 15) is 8.78 Å². The van der Waals surface area contributed by atoms with E-state index < -0.39 is 12.3 Å². The van der Waals surface area contributed by atoms with Gasteiger partial charge in [-0.15, -0.1) is 21.5 Å². The molecule has 0 fully saturated rings. The van der Waals surface area contributed by atoms with Crippen molar-refractivity contribution in [2.45, 2.75) is 12.8 Å². The van der Waals surface area contributed by atoms with Gasteiger partial charge >= 0.3 is 6.43 Å². The summed E-state index contributed by atoms with van der Waals surface area (Å²) in [5.74, 6) is 0.693. The van der Waals surface area contributed by atoms with Gasteiger partial charge in [0.2, 0.25) is 5.89 Å². The minimum atomic E-state index is -2.77. The Morgan fingerprint density at radius 2 is 1.80 bits per heavy atom. The van der Waals surface area contributed by atoms with Crippen LogP contribution in [0.3, 0.4) is 0 Å². The second kappa shape index (κ2) is 6.56. The summed E-state index contributed by atoms with van der Waals surface area (Å²) in [6.07, 6.45) is -0.546. The smallest absolute Gasteiger partial charge is 0.314 e. The van der Waals surface area contributed by atoms with E-state index in [0.717, 1.165) is 10.4 Å². The summed E-state index contributed by atoms with van der Waals surface area (Å²) < 4.78 is 35.8. The molecule has 0 saturated heterocycles. The third-order valence-corrected chi connectivity index (χ3v) is 4.50. The third-order valence-electron chi connectivity index (χ3n) is 3.42. The zero-order valence-electron chi connectivity index (χ0n) is 12.7. The Kier molecular flexibility index (Phi) is 4.10. The molecule has 8 heteroatoms. The lowest BCUT2D eigenvalue weighted by molar-refractivity contribution is 0.116. The first-order valence-electron chi connectivity index (χ1n) is 7.40. The van der Waals surface area contributed by atoms with Gasteiger partial charge in [-0.3, -0.25) is 0 Å². The fourth-order valence-electron chi connectivity index (χ4n) is 2.29. The molecule has 0 spiro atoms. The molecule has 0 unspecified atom stereocenters. The normalized spacial score (nSPS) is 11.3. The topological polar surface area (TPSA) is 65.0 Å². The van der Waals surface area contributed by atoms with Crippen LogP contribution in [0.4, 0.5) is 8.78 Å². The number of oxazole rings is 1. The van der Waals surface area contributed by atoms with Gasteiger partial charge in [0.1, 0.15) is 5.76 Å². The number of halogens is 2. The lowest BCUT2D eigenvalue weighted by Gasteiger charge is -1.94. The highest BCUT2D eigenvalue weighted by molar-refractivity contribution is 7.15. The Morgan fingerprint density at radius 3 is 2.56 bits per heavy atom. The van der Waals surface area contributed by atoms with Gasteiger partial charge in [0, 0.05) is 16.9 Å². The predicted octanol–water partition coefficient (Wildman–Crippen LogP) is 4.98. The zero-order chi connectivity index (χ0) is 17.2. The maximum absolute atomic E-state index is 12.5. The summed E-state index contributed by atoms with van der Waals surface area (Å²) in [6.45, 7) is 0. The van der Waals surface area contributed by atoms with Gasteiger partial charge in [-0.05, 0) is 24.3 Å². The Bertz CT molecular complexity index is 979. The lowest BCUT2D eigenvalue weighted by Crippen LogP contribution is -1.81. The molecule has 3 heterocycles. The fourth-order valence-corrected chi connectivity index (χ4v) is 3.22. The largest absolute Gasteiger partial charge is 0.441 e. The highest BCUT2D eigenvalue weighted by Gasteiger charge is 2.18. The van der Waals surface area contributed by atoms with Crippen LogP contribution in [0.25, 0.3) is 22.2 Å². The van der Waals surface area contributed by atoms with Gasteiger partial charge in [0.05, 0.1) is 11.1 Å². The van der Waals surface area contributed by atoms with Crippen molar-refractivity contribution in [2.75, 3.05) is 0 Å². The first-order chi connectivity index (χ1) is 12.2. The zero-order valence-corrected chi connectivity index (χ0v) is 13.5. The third kappa shape index (κ3) is 3.34. The van der Waals surface area contributed by atoms with E-state index in [2.05, 4.69) is 15.2 Å². The molecular weight excluding hydrogens is 348 g/mol. The Balaban J connectivity index is 1.50. The molecule has 25 heavy (non-hydrogen) atoms. The molecule has 0 saturated carbocycles. The quantitative estimate of drug-likeness (QED) is 0.503.